The first-order valence-corrected chi connectivity index (χ1v) is 13.3. The Morgan fingerprint density at radius 2 is 1.70 bits per heavy atom. The van der Waals surface area contributed by atoms with Gasteiger partial charge in [0.25, 0.3) is 11.8 Å². The van der Waals surface area contributed by atoms with Gasteiger partial charge in [0.2, 0.25) is 0 Å². The average Bonchev–Trinajstić information content (AvgIpc) is 3.05. The van der Waals surface area contributed by atoms with Crippen LogP contribution in [-0.4, -0.2) is 36.3 Å². The third-order valence-electron chi connectivity index (χ3n) is 6.79. The Labute approximate surface area is 235 Å². The zero-order valence-corrected chi connectivity index (χ0v) is 22.7. The molecule has 0 saturated carbocycles. The number of carbonyl (C=O) groups excluding carboxylic acids is 3. The van der Waals surface area contributed by atoms with Crippen molar-refractivity contribution in [3.05, 3.63) is 101 Å². The van der Waals surface area contributed by atoms with E-state index < -0.39 is 18.1 Å². The van der Waals surface area contributed by atoms with E-state index in [4.69, 9.17) is 10.00 Å². The van der Waals surface area contributed by atoms with Crippen molar-refractivity contribution in [3.8, 4) is 17.9 Å². The number of fused-ring (bicyclic) bond motifs is 1. The summed E-state index contributed by atoms with van der Waals surface area (Å²) in [5.74, 6) is 5.01. The van der Waals surface area contributed by atoms with E-state index in [-0.39, 0.29) is 24.8 Å². The first kappa shape index (κ1) is 28.1. The normalized spacial score (nSPS) is 15.3. The summed E-state index contributed by atoms with van der Waals surface area (Å²) in [5, 5.41) is 8.76. The van der Waals surface area contributed by atoms with Crippen molar-refractivity contribution in [2.75, 3.05) is 18.6 Å². The first-order valence-electron chi connectivity index (χ1n) is 13.3. The number of nitrogens with zero attached hydrogens (tertiary/aromatic N) is 3. The highest BCUT2D eigenvalue weighted by atomic mass is 16.5. The van der Waals surface area contributed by atoms with Gasteiger partial charge in [0, 0.05) is 25.5 Å². The predicted octanol–water partition coefficient (Wildman–Crippen LogP) is 5.59. The Balaban J connectivity index is 1.88. The summed E-state index contributed by atoms with van der Waals surface area (Å²) in [5.41, 5.74) is 2.78. The topological polar surface area (TPSA) is 90.7 Å². The van der Waals surface area contributed by atoms with Crippen LogP contribution < -0.4 is 4.90 Å². The highest BCUT2D eigenvalue weighted by molar-refractivity contribution is 6.11. The second kappa shape index (κ2) is 13.3. The van der Waals surface area contributed by atoms with Gasteiger partial charge >= 0.3 is 5.97 Å². The molecule has 0 spiro atoms. The second-order valence-electron chi connectivity index (χ2n) is 9.40. The zero-order valence-electron chi connectivity index (χ0n) is 22.7. The number of hydrogen-bond donors (Lipinski definition) is 0. The molecule has 3 aromatic carbocycles. The molecule has 2 atom stereocenters. The number of hydrogen-bond acceptors (Lipinski definition) is 5. The Morgan fingerprint density at radius 1 is 1.00 bits per heavy atom. The van der Waals surface area contributed by atoms with Crippen molar-refractivity contribution in [1.82, 2.24) is 4.90 Å². The molecule has 0 aromatic heterocycles. The van der Waals surface area contributed by atoms with Crippen LogP contribution in [0.25, 0.3) is 0 Å². The number of benzene rings is 3. The number of ether oxygens (including phenoxy) is 1. The summed E-state index contributed by atoms with van der Waals surface area (Å²) < 4.78 is 5.29. The number of nitriles is 1. The standard InChI is InChI=1S/C33H31N3O4/c1-3-40-30(37)23-29(25-15-9-6-10-16-25)36-31(26-17-11-7-12-18-26)33(39)35(2)28-20-19-24(22-27(28)32(36)38)14-8-4-5-13-21-34/h6-7,9-12,15-20,22,29,31H,3-5,13,23H2,1-2H3. The molecule has 7 nitrogen and oxygen atoms in total. The number of likely N-dealkylation sites (N-methyl/N-ethyl adjacent to an activating group) is 1. The summed E-state index contributed by atoms with van der Waals surface area (Å²) in [4.78, 5) is 44.6. The van der Waals surface area contributed by atoms with E-state index in [1.165, 1.54) is 9.80 Å². The van der Waals surface area contributed by atoms with Gasteiger partial charge in [-0.15, -0.1) is 0 Å². The highest BCUT2D eigenvalue weighted by Crippen LogP contribution is 2.40. The van der Waals surface area contributed by atoms with E-state index in [0.29, 0.717) is 41.6 Å². The molecule has 0 N–H and O–H groups in total. The maximum atomic E-state index is 14.5. The monoisotopic (exact) mass is 533 g/mol. The van der Waals surface area contributed by atoms with E-state index >= 15 is 0 Å². The maximum Gasteiger partial charge on any atom is 0.308 e. The van der Waals surface area contributed by atoms with Crippen LogP contribution in [-0.2, 0) is 14.3 Å². The van der Waals surface area contributed by atoms with Crippen LogP contribution in [0.3, 0.4) is 0 Å². The highest BCUT2D eigenvalue weighted by Gasteiger charge is 2.43. The molecule has 40 heavy (non-hydrogen) atoms. The van der Waals surface area contributed by atoms with Crippen LogP contribution in [0.2, 0.25) is 0 Å². The molecule has 0 radical (unpaired) electrons. The van der Waals surface area contributed by atoms with Crippen molar-refractivity contribution < 1.29 is 19.1 Å². The van der Waals surface area contributed by atoms with Gasteiger partial charge in [-0.25, -0.2) is 0 Å². The number of rotatable bonds is 8. The summed E-state index contributed by atoms with van der Waals surface area (Å²) >= 11 is 0. The molecule has 1 aliphatic rings. The molecule has 0 saturated heterocycles. The van der Waals surface area contributed by atoms with Gasteiger partial charge in [-0.05, 0) is 42.7 Å². The van der Waals surface area contributed by atoms with E-state index in [1.807, 2.05) is 60.7 Å². The van der Waals surface area contributed by atoms with Crippen molar-refractivity contribution in [2.24, 2.45) is 0 Å². The van der Waals surface area contributed by atoms with E-state index in [9.17, 15) is 14.4 Å². The molecule has 3 aromatic rings. The molecule has 1 aliphatic heterocycles. The largest absolute Gasteiger partial charge is 0.466 e. The van der Waals surface area contributed by atoms with E-state index in [1.54, 1.807) is 32.2 Å². The smallest absolute Gasteiger partial charge is 0.308 e. The lowest BCUT2D eigenvalue weighted by atomic mass is 9.95. The molecule has 2 unspecified atom stereocenters. The minimum atomic E-state index is -0.980. The summed E-state index contributed by atoms with van der Waals surface area (Å²) in [6.45, 7) is 1.94. The van der Waals surface area contributed by atoms with Crippen LogP contribution in [0.15, 0.2) is 78.9 Å². The van der Waals surface area contributed by atoms with Crippen LogP contribution >= 0.6 is 0 Å². The molecular formula is C33H31N3O4. The molecular weight excluding hydrogens is 502 g/mol. The number of amides is 2. The molecule has 7 heteroatoms. The Hall–Kier alpha value is -4.88. The molecule has 0 fully saturated rings. The van der Waals surface area contributed by atoms with Crippen LogP contribution in [0.4, 0.5) is 5.69 Å². The fraction of sp³-hybridized carbons (Fsp3) is 0.273. The Morgan fingerprint density at radius 3 is 2.38 bits per heavy atom. The first-order chi connectivity index (χ1) is 19.5. The number of anilines is 1. The number of unbranched alkanes of at least 4 members (excludes halogenated alkanes) is 2. The van der Waals surface area contributed by atoms with Gasteiger partial charge < -0.3 is 14.5 Å². The second-order valence-corrected chi connectivity index (χ2v) is 9.40. The Bertz CT molecular complexity index is 1470. The van der Waals surface area contributed by atoms with E-state index in [2.05, 4.69) is 17.9 Å². The van der Waals surface area contributed by atoms with Crippen molar-refractivity contribution in [3.63, 3.8) is 0 Å². The predicted molar refractivity (Wildman–Crippen MR) is 152 cm³/mol. The summed E-state index contributed by atoms with van der Waals surface area (Å²) in [6.07, 6.45) is 1.55. The third-order valence-corrected chi connectivity index (χ3v) is 6.79. The maximum absolute atomic E-state index is 14.5. The molecule has 4 rings (SSSR count). The fourth-order valence-corrected chi connectivity index (χ4v) is 4.87. The quantitative estimate of drug-likeness (QED) is 0.214. The molecule has 0 bridgehead atoms. The lowest BCUT2D eigenvalue weighted by Crippen LogP contribution is -2.44. The molecule has 202 valence electrons. The summed E-state index contributed by atoms with van der Waals surface area (Å²) in [6, 6.07) is 24.0. The van der Waals surface area contributed by atoms with Gasteiger partial charge in [-0.1, -0.05) is 72.5 Å². The minimum absolute atomic E-state index is 0.113. The number of carbonyl (C=O) groups is 3. The van der Waals surface area contributed by atoms with Crippen molar-refractivity contribution in [2.45, 2.75) is 44.7 Å². The molecule has 0 aliphatic carbocycles. The van der Waals surface area contributed by atoms with E-state index in [0.717, 1.165) is 5.56 Å². The fourth-order valence-electron chi connectivity index (χ4n) is 4.87. The zero-order chi connectivity index (χ0) is 28.5. The lowest BCUT2D eigenvalue weighted by Gasteiger charge is -2.37. The lowest BCUT2D eigenvalue weighted by molar-refractivity contribution is -0.145. The SMILES string of the molecule is CCOC(=O)CC(c1ccccc1)N1C(=O)c2cc(C#CCCCC#N)ccc2N(C)C(=O)C1c1ccccc1. The van der Waals surface area contributed by atoms with Gasteiger partial charge in [-0.2, -0.15) is 5.26 Å². The molecule has 1 heterocycles. The van der Waals surface area contributed by atoms with Crippen LogP contribution in [0.1, 0.15) is 71.7 Å². The van der Waals surface area contributed by atoms with Crippen LogP contribution in [0.5, 0.6) is 0 Å². The summed E-state index contributed by atoms with van der Waals surface area (Å²) in [7, 11) is 1.66. The van der Waals surface area contributed by atoms with Gasteiger partial charge in [-0.3, -0.25) is 14.4 Å². The van der Waals surface area contributed by atoms with Gasteiger partial charge in [0.1, 0.15) is 6.04 Å². The van der Waals surface area contributed by atoms with Gasteiger partial charge in [0.05, 0.1) is 36.4 Å². The van der Waals surface area contributed by atoms with Gasteiger partial charge in [0.15, 0.2) is 0 Å². The van der Waals surface area contributed by atoms with Crippen molar-refractivity contribution in [1.29, 1.82) is 5.26 Å². The average molecular weight is 534 g/mol. The third kappa shape index (κ3) is 6.22. The minimum Gasteiger partial charge on any atom is -0.466 e. The Kier molecular flexibility index (Phi) is 9.33. The van der Waals surface area contributed by atoms with Crippen molar-refractivity contribution >= 4 is 23.5 Å². The number of esters is 1. The van der Waals surface area contributed by atoms with Crippen LogP contribution in [0, 0.1) is 23.2 Å². The molecule has 2 amide bonds.